The molecule has 0 bridgehead atoms. The second-order valence-electron chi connectivity index (χ2n) is 3.90. The highest BCUT2D eigenvalue weighted by atomic mass is 35.5. The Morgan fingerprint density at radius 3 is 2.47 bits per heavy atom. The van der Waals surface area contributed by atoms with Crippen molar-refractivity contribution in [1.29, 1.82) is 0 Å². The zero-order valence-electron chi connectivity index (χ0n) is 10.3. The standard InChI is InChI=1S/C14H12ClFN2O/c1-2-18(12-6-4-11(16)5-7-12)14(19)10-3-8-13(15)17-9-10/h3-9H,2H2,1H3. The van der Waals surface area contributed by atoms with Crippen molar-refractivity contribution in [2.45, 2.75) is 6.92 Å². The topological polar surface area (TPSA) is 33.2 Å². The Kier molecular flexibility index (Phi) is 4.12. The van der Waals surface area contributed by atoms with Gasteiger partial charge in [-0.25, -0.2) is 9.37 Å². The summed E-state index contributed by atoms with van der Waals surface area (Å²) in [6.45, 7) is 2.33. The lowest BCUT2D eigenvalue weighted by Crippen LogP contribution is -2.30. The summed E-state index contributed by atoms with van der Waals surface area (Å²) in [5.74, 6) is -0.529. The predicted molar refractivity (Wildman–Crippen MR) is 73.0 cm³/mol. The Morgan fingerprint density at radius 2 is 1.95 bits per heavy atom. The average Bonchev–Trinajstić information content (AvgIpc) is 2.42. The Balaban J connectivity index is 2.29. The van der Waals surface area contributed by atoms with Gasteiger partial charge in [-0.15, -0.1) is 0 Å². The van der Waals surface area contributed by atoms with E-state index in [0.717, 1.165) is 0 Å². The van der Waals surface area contributed by atoms with Gasteiger partial charge in [-0.05, 0) is 43.3 Å². The van der Waals surface area contributed by atoms with Crippen LogP contribution < -0.4 is 4.90 Å². The summed E-state index contributed by atoms with van der Waals surface area (Å²) in [7, 11) is 0. The Bertz CT molecular complexity index is 569. The first-order valence-electron chi connectivity index (χ1n) is 5.81. The van der Waals surface area contributed by atoms with Gasteiger partial charge in [0.25, 0.3) is 5.91 Å². The Labute approximate surface area is 115 Å². The monoisotopic (exact) mass is 278 g/mol. The molecule has 0 fully saturated rings. The molecule has 1 heterocycles. The van der Waals surface area contributed by atoms with E-state index in [4.69, 9.17) is 11.6 Å². The van der Waals surface area contributed by atoms with Gasteiger partial charge in [0.1, 0.15) is 11.0 Å². The van der Waals surface area contributed by atoms with Crippen LogP contribution in [0.15, 0.2) is 42.6 Å². The molecular formula is C14H12ClFN2O. The minimum absolute atomic E-state index is 0.196. The maximum absolute atomic E-state index is 12.9. The minimum Gasteiger partial charge on any atom is -0.309 e. The molecule has 1 aromatic heterocycles. The number of halogens is 2. The van der Waals surface area contributed by atoms with Gasteiger partial charge in [0.2, 0.25) is 0 Å². The second-order valence-corrected chi connectivity index (χ2v) is 4.28. The number of nitrogens with zero attached hydrogens (tertiary/aromatic N) is 2. The lowest BCUT2D eigenvalue weighted by molar-refractivity contribution is 0.0988. The fraction of sp³-hybridized carbons (Fsp3) is 0.143. The number of hydrogen-bond donors (Lipinski definition) is 0. The van der Waals surface area contributed by atoms with Crippen molar-refractivity contribution in [3.8, 4) is 0 Å². The third-order valence-corrected chi connectivity index (χ3v) is 2.90. The van der Waals surface area contributed by atoms with Crippen molar-refractivity contribution in [3.05, 3.63) is 59.1 Å². The number of pyridine rings is 1. The molecule has 3 nitrogen and oxygen atoms in total. The smallest absolute Gasteiger partial charge is 0.259 e. The van der Waals surface area contributed by atoms with Crippen LogP contribution in [0.2, 0.25) is 5.15 Å². The molecule has 19 heavy (non-hydrogen) atoms. The first kappa shape index (κ1) is 13.5. The van der Waals surface area contributed by atoms with E-state index in [9.17, 15) is 9.18 Å². The van der Waals surface area contributed by atoms with E-state index in [0.29, 0.717) is 22.9 Å². The number of rotatable bonds is 3. The molecule has 2 rings (SSSR count). The van der Waals surface area contributed by atoms with Gasteiger partial charge in [0, 0.05) is 18.4 Å². The van der Waals surface area contributed by atoms with E-state index in [-0.39, 0.29) is 11.7 Å². The number of anilines is 1. The minimum atomic E-state index is -0.333. The van der Waals surface area contributed by atoms with Gasteiger partial charge >= 0.3 is 0 Å². The van der Waals surface area contributed by atoms with Crippen molar-refractivity contribution >= 4 is 23.2 Å². The average molecular weight is 279 g/mol. The first-order chi connectivity index (χ1) is 9.11. The summed E-state index contributed by atoms with van der Waals surface area (Å²) in [6.07, 6.45) is 1.43. The molecule has 98 valence electrons. The molecule has 0 aliphatic rings. The summed E-state index contributed by atoms with van der Waals surface area (Å²) >= 11 is 5.69. The molecule has 0 aliphatic carbocycles. The van der Waals surface area contributed by atoms with Crippen LogP contribution in [0.1, 0.15) is 17.3 Å². The Hall–Kier alpha value is -1.94. The van der Waals surface area contributed by atoms with Crippen LogP contribution >= 0.6 is 11.6 Å². The van der Waals surface area contributed by atoms with Crippen LogP contribution in [0, 0.1) is 5.82 Å². The van der Waals surface area contributed by atoms with Crippen LogP contribution in [0.5, 0.6) is 0 Å². The summed E-state index contributed by atoms with van der Waals surface area (Å²) in [5.41, 5.74) is 1.08. The van der Waals surface area contributed by atoms with E-state index in [1.54, 1.807) is 29.2 Å². The van der Waals surface area contributed by atoms with E-state index in [1.165, 1.54) is 18.3 Å². The van der Waals surface area contributed by atoms with Crippen molar-refractivity contribution in [2.75, 3.05) is 11.4 Å². The lowest BCUT2D eigenvalue weighted by Gasteiger charge is -2.20. The Morgan fingerprint density at radius 1 is 1.26 bits per heavy atom. The van der Waals surface area contributed by atoms with Gasteiger partial charge in [-0.2, -0.15) is 0 Å². The fourth-order valence-corrected chi connectivity index (χ4v) is 1.83. The van der Waals surface area contributed by atoms with E-state index < -0.39 is 0 Å². The highest BCUT2D eigenvalue weighted by Crippen LogP contribution is 2.18. The maximum atomic E-state index is 12.9. The summed E-state index contributed by atoms with van der Waals surface area (Å²) in [4.78, 5) is 17.8. The molecular weight excluding hydrogens is 267 g/mol. The molecule has 0 saturated carbocycles. The highest BCUT2D eigenvalue weighted by molar-refractivity contribution is 6.29. The van der Waals surface area contributed by atoms with Crippen molar-refractivity contribution in [3.63, 3.8) is 0 Å². The zero-order valence-corrected chi connectivity index (χ0v) is 11.1. The number of hydrogen-bond acceptors (Lipinski definition) is 2. The molecule has 1 aromatic carbocycles. The third kappa shape index (κ3) is 3.09. The summed E-state index contributed by atoms with van der Waals surface area (Å²) in [6, 6.07) is 8.97. The molecule has 2 aromatic rings. The molecule has 5 heteroatoms. The van der Waals surface area contributed by atoms with Gasteiger partial charge in [0.15, 0.2) is 0 Å². The normalized spacial score (nSPS) is 10.3. The number of amides is 1. The number of carbonyl (C=O) groups excluding carboxylic acids is 1. The van der Waals surface area contributed by atoms with Crippen molar-refractivity contribution in [1.82, 2.24) is 4.98 Å². The van der Waals surface area contributed by atoms with E-state index >= 15 is 0 Å². The molecule has 0 radical (unpaired) electrons. The van der Waals surface area contributed by atoms with Crippen LogP contribution in [0.25, 0.3) is 0 Å². The molecule has 0 spiro atoms. The number of benzene rings is 1. The molecule has 0 N–H and O–H groups in total. The first-order valence-corrected chi connectivity index (χ1v) is 6.18. The van der Waals surface area contributed by atoms with Crippen LogP contribution in [0.4, 0.5) is 10.1 Å². The SMILES string of the molecule is CCN(C(=O)c1ccc(Cl)nc1)c1ccc(F)cc1. The van der Waals surface area contributed by atoms with Crippen LogP contribution in [-0.2, 0) is 0 Å². The quantitative estimate of drug-likeness (QED) is 0.805. The molecule has 0 saturated heterocycles. The molecule has 0 aliphatic heterocycles. The number of aromatic nitrogens is 1. The molecule has 0 atom stereocenters. The highest BCUT2D eigenvalue weighted by Gasteiger charge is 2.16. The lowest BCUT2D eigenvalue weighted by atomic mass is 10.2. The maximum Gasteiger partial charge on any atom is 0.259 e. The molecule has 1 amide bonds. The molecule has 0 unspecified atom stereocenters. The number of carbonyl (C=O) groups is 1. The summed E-state index contributed by atoms with van der Waals surface area (Å²) in [5, 5.41) is 0.335. The van der Waals surface area contributed by atoms with Crippen molar-refractivity contribution in [2.24, 2.45) is 0 Å². The van der Waals surface area contributed by atoms with Gasteiger partial charge in [-0.1, -0.05) is 11.6 Å². The second kappa shape index (κ2) is 5.80. The van der Waals surface area contributed by atoms with E-state index in [1.807, 2.05) is 6.92 Å². The third-order valence-electron chi connectivity index (χ3n) is 2.67. The van der Waals surface area contributed by atoms with Crippen LogP contribution in [-0.4, -0.2) is 17.4 Å². The fourth-order valence-electron chi connectivity index (χ4n) is 1.72. The van der Waals surface area contributed by atoms with Gasteiger partial charge < -0.3 is 4.90 Å². The summed E-state index contributed by atoms with van der Waals surface area (Å²) < 4.78 is 12.9. The van der Waals surface area contributed by atoms with Crippen molar-refractivity contribution < 1.29 is 9.18 Å². The van der Waals surface area contributed by atoms with Crippen LogP contribution in [0.3, 0.4) is 0 Å². The van der Waals surface area contributed by atoms with Gasteiger partial charge in [-0.3, -0.25) is 4.79 Å². The van der Waals surface area contributed by atoms with E-state index in [2.05, 4.69) is 4.98 Å². The largest absolute Gasteiger partial charge is 0.309 e. The zero-order chi connectivity index (χ0) is 13.8. The predicted octanol–water partition coefficient (Wildman–Crippen LogP) is 3.54. The van der Waals surface area contributed by atoms with Gasteiger partial charge in [0.05, 0.1) is 5.56 Å².